The third-order valence-electron chi connectivity index (χ3n) is 3.20. The molecule has 8 heteroatoms. The van der Waals surface area contributed by atoms with Crippen LogP contribution >= 0.6 is 23.2 Å². The summed E-state index contributed by atoms with van der Waals surface area (Å²) in [5.41, 5.74) is 5.89. The molecule has 2 aromatic rings. The third kappa shape index (κ3) is 5.24. The number of halogens is 2. The highest BCUT2D eigenvalue weighted by atomic mass is 35.5. The number of nitrogens with two attached hydrogens (primary N) is 1. The van der Waals surface area contributed by atoms with Gasteiger partial charge in [0.1, 0.15) is 24.0 Å². The number of hydrogen-bond donors (Lipinski definition) is 2. The SMILES string of the molecule is N#C/C(=C/c1ccccc1OCc1ccc(Cl)c(Cl)c1)C(=O)NC(N)=O. The first-order chi connectivity index (χ1) is 12.4. The fraction of sp³-hybridized carbons (Fsp3) is 0.0556. The molecular formula is C18H13Cl2N3O3. The Balaban J connectivity index is 2.22. The predicted octanol–water partition coefficient (Wildman–Crippen LogP) is 3.67. The lowest BCUT2D eigenvalue weighted by Gasteiger charge is -2.10. The van der Waals surface area contributed by atoms with Crippen LogP contribution < -0.4 is 15.8 Å². The lowest BCUT2D eigenvalue weighted by atomic mass is 10.1. The molecule has 3 N–H and O–H groups in total. The minimum absolute atomic E-state index is 0.205. The first kappa shape index (κ1) is 19.3. The van der Waals surface area contributed by atoms with Gasteiger partial charge in [-0.25, -0.2) is 4.79 Å². The molecule has 0 heterocycles. The highest BCUT2D eigenvalue weighted by Gasteiger charge is 2.12. The van der Waals surface area contributed by atoms with Crippen LogP contribution in [0, 0.1) is 11.3 Å². The highest BCUT2D eigenvalue weighted by Crippen LogP contribution is 2.25. The fourth-order valence-corrected chi connectivity index (χ4v) is 2.33. The summed E-state index contributed by atoms with van der Waals surface area (Å²) in [6.45, 7) is 0.205. The molecule has 0 bridgehead atoms. The van der Waals surface area contributed by atoms with E-state index in [4.69, 9.17) is 38.9 Å². The summed E-state index contributed by atoms with van der Waals surface area (Å²) in [4.78, 5) is 22.5. The number of nitrogens with one attached hydrogen (secondary N) is 1. The van der Waals surface area contributed by atoms with Crippen molar-refractivity contribution >= 4 is 41.2 Å². The molecule has 0 aliphatic heterocycles. The zero-order chi connectivity index (χ0) is 19.1. The van der Waals surface area contributed by atoms with E-state index in [2.05, 4.69) is 0 Å². The van der Waals surface area contributed by atoms with Crippen LogP contribution in [0.4, 0.5) is 4.79 Å². The minimum atomic E-state index is -1.04. The summed E-state index contributed by atoms with van der Waals surface area (Å²) in [5.74, 6) is -0.447. The third-order valence-corrected chi connectivity index (χ3v) is 3.94. The van der Waals surface area contributed by atoms with Gasteiger partial charge in [0.15, 0.2) is 0 Å². The Morgan fingerprint density at radius 2 is 1.92 bits per heavy atom. The van der Waals surface area contributed by atoms with Crippen molar-refractivity contribution in [1.82, 2.24) is 5.32 Å². The summed E-state index contributed by atoms with van der Waals surface area (Å²) in [6.07, 6.45) is 1.31. The number of amides is 3. The molecule has 6 nitrogen and oxygen atoms in total. The van der Waals surface area contributed by atoms with Crippen molar-refractivity contribution in [2.24, 2.45) is 5.73 Å². The molecule has 0 saturated heterocycles. The minimum Gasteiger partial charge on any atom is -0.488 e. The number of para-hydroxylation sites is 1. The maximum absolute atomic E-state index is 11.8. The Labute approximate surface area is 159 Å². The van der Waals surface area contributed by atoms with Crippen LogP contribution in [0.15, 0.2) is 48.0 Å². The largest absolute Gasteiger partial charge is 0.488 e. The molecular weight excluding hydrogens is 377 g/mol. The van der Waals surface area contributed by atoms with Crippen molar-refractivity contribution in [1.29, 1.82) is 5.26 Å². The second-order valence-electron chi connectivity index (χ2n) is 5.06. The molecule has 0 unspecified atom stereocenters. The lowest BCUT2D eigenvalue weighted by Crippen LogP contribution is -2.35. The molecule has 2 aromatic carbocycles. The predicted molar refractivity (Wildman–Crippen MR) is 98.6 cm³/mol. The topological polar surface area (TPSA) is 105 Å². The summed E-state index contributed by atoms with van der Waals surface area (Å²) in [5, 5.41) is 11.8. The van der Waals surface area contributed by atoms with Gasteiger partial charge >= 0.3 is 6.03 Å². The van der Waals surface area contributed by atoms with Gasteiger partial charge in [-0.1, -0.05) is 47.5 Å². The van der Waals surface area contributed by atoms with E-state index in [1.54, 1.807) is 48.5 Å². The highest BCUT2D eigenvalue weighted by molar-refractivity contribution is 6.42. The van der Waals surface area contributed by atoms with Crippen LogP contribution in [0.1, 0.15) is 11.1 Å². The van der Waals surface area contributed by atoms with Crippen molar-refractivity contribution in [3.63, 3.8) is 0 Å². The second kappa shape index (κ2) is 8.90. The number of nitrogens with zero attached hydrogens (tertiary/aromatic N) is 1. The number of urea groups is 1. The molecule has 0 fully saturated rings. The molecule has 0 spiro atoms. The number of carbonyl (C=O) groups excluding carboxylic acids is 2. The molecule has 2 rings (SSSR count). The van der Waals surface area contributed by atoms with Crippen LogP contribution in [-0.2, 0) is 11.4 Å². The van der Waals surface area contributed by atoms with Crippen LogP contribution in [0.2, 0.25) is 10.0 Å². The first-order valence-corrected chi connectivity index (χ1v) is 8.04. The van der Waals surface area contributed by atoms with E-state index in [-0.39, 0.29) is 12.2 Å². The average Bonchev–Trinajstić information content (AvgIpc) is 2.60. The van der Waals surface area contributed by atoms with Crippen molar-refractivity contribution in [3.05, 3.63) is 69.2 Å². The summed E-state index contributed by atoms with van der Waals surface area (Å²) in [6, 6.07) is 12.6. The number of hydrogen-bond acceptors (Lipinski definition) is 4. The van der Waals surface area contributed by atoms with Gasteiger partial charge in [-0.3, -0.25) is 10.1 Å². The molecule has 0 aliphatic rings. The summed E-state index contributed by atoms with van der Waals surface area (Å²) in [7, 11) is 0. The Bertz CT molecular complexity index is 920. The number of benzene rings is 2. The number of nitriles is 1. The van der Waals surface area contributed by atoms with E-state index in [1.165, 1.54) is 6.08 Å². The van der Waals surface area contributed by atoms with E-state index in [9.17, 15) is 9.59 Å². The maximum atomic E-state index is 11.8. The van der Waals surface area contributed by atoms with Crippen LogP contribution in [0.5, 0.6) is 5.75 Å². The number of carbonyl (C=O) groups is 2. The molecule has 0 aliphatic carbocycles. The number of imide groups is 1. The van der Waals surface area contributed by atoms with Crippen LogP contribution in [-0.4, -0.2) is 11.9 Å². The smallest absolute Gasteiger partial charge is 0.319 e. The Morgan fingerprint density at radius 3 is 2.58 bits per heavy atom. The zero-order valence-electron chi connectivity index (χ0n) is 13.3. The molecule has 0 aromatic heterocycles. The first-order valence-electron chi connectivity index (χ1n) is 7.29. The molecule has 3 amide bonds. The van der Waals surface area contributed by atoms with Crippen molar-refractivity contribution in [2.45, 2.75) is 6.61 Å². The van der Waals surface area contributed by atoms with Gasteiger partial charge in [0.05, 0.1) is 10.0 Å². The Hall–Kier alpha value is -3.01. The number of rotatable bonds is 5. The van der Waals surface area contributed by atoms with E-state index < -0.39 is 11.9 Å². The van der Waals surface area contributed by atoms with Gasteiger partial charge in [-0.2, -0.15) is 5.26 Å². The molecule has 0 saturated carbocycles. The van der Waals surface area contributed by atoms with Gasteiger partial charge in [0, 0.05) is 5.56 Å². The van der Waals surface area contributed by atoms with Crippen molar-refractivity contribution < 1.29 is 14.3 Å². The summed E-state index contributed by atoms with van der Waals surface area (Å²) < 4.78 is 5.75. The lowest BCUT2D eigenvalue weighted by molar-refractivity contribution is -0.115. The monoisotopic (exact) mass is 389 g/mol. The van der Waals surface area contributed by atoms with Gasteiger partial charge in [-0.05, 0) is 29.8 Å². The van der Waals surface area contributed by atoms with E-state index in [0.29, 0.717) is 21.4 Å². The Kier molecular flexibility index (Phi) is 6.61. The Morgan fingerprint density at radius 1 is 1.19 bits per heavy atom. The van der Waals surface area contributed by atoms with Crippen LogP contribution in [0.3, 0.4) is 0 Å². The van der Waals surface area contributed by atoms with Gasteiger partial charge in [0.2, 0.25) is 0 Å². The average molecular weight is 390 g/mol. The molecule has 26 heavy (non-hydrogen) atoms. The van der Waals surface area contributed by atoms with Gasteiger partial charge < -0.3 is 10.5 Å². The number of ether oxygens (including phenoxy) is 1. The number of primary amides is 1. The molecule has 0 radical (unpaired) electrons. The van der Waals surface area contributed by atoms with E-state index in [0.717, 1.165) is 5.56 Å². The second-order valence-corrected chi connectivity index (χ2v) is 5.88. The fourth-order valence-electron chi connectivity index (χ4n) is 2.01. The molecule has 132 valence electrons. The van der Waals surface area contributed by atoms with Gasteiger partial charge in [0.25, 0.3) is 5.91 Å². The standard InChI is InChI=1S/C18H13Cl2N3O3/c19-14-6-5-11(7-15(14)20)10-26-16-4-2-1-3-12(16)8-13(9-21)17(24)23-18(22)25/h1-8H,10H2,(H3,22,23,24,25)/b13-8-. The van der Waals surface area contributed by atoms with Crippen LogP contribution in [0.25, 0.3) is 6.08 Å². The van der Waals surface area contributed by atoms with Gasteiger partial charge in [-0.15, -0.1) is 0 Å². The van der Waals surface area contributed by atoms with Crippen molar-refractivity contribution in [3.8, 4) is 11.8 Å². The summed E-state index contributed by atoms with van der Waals surface area (Å²) >= 11 is 11.9. The van der Waals surface area contributed by atoms with Crippen molar-refractivity contribution in [2.75, 3.05) is 0 Å². The van der Waals surface area contributed by atoms with E-state index in [1.807, 2.05) is 5.32 Å². The quantitative estimate of drug-likeness (QED) is 0.600. The zero-order valence-corrected chi connectivity index (χ0v) is 14.8. The van der Waals surface area contributed by atoms with E-state index >= 15 is 0 Å². The molecule has 0 atom stereocenters. The maximum Gasteiger partial charge on any atom is 0.319 e. The normalized spacial score (nSPS) is 10.7.